The summed E-state index contributed by atoms with van der Waals surface area (Å²) in [5.74, 6) is 0. The summed E-state index contributed by atoms with van der Waals surface area (Å²) in [5, 5.41) is 8.43. The standard InChI is InChI=1S/C46H26N2OPS.Cu/c1-4-14-30(15-5-1)31-24-25-43-37(26-31)42(29-49-43)47-39-22-12-10-20-34(39)36-28-44-38(27-41(36)47)45-46(51-44)35-21-11-13-23-40(35)48(45)50(32-16-6-2-7-17-32)33-18-8-3-9-19-33;/h1-14,16-25,28-29H;/q-3;/p+1. The number of aromatic nitrogens is 2. The van der Waals surface area contributed by atoms with Crippen LogP contribution in [0.1, 0.15) is 0 Å². The molecule has 4 aromatic heterocycles. The fourth-order valence-electron chi connectivity index (χ4n) is 7.75. The maximum absolute atomic E-state index is 6.22. The van der Waals surface area contributed by atoms with Gasteiger partial charge < -0.3 is 8.98 Å². The predicted molar refractivity (Wildman–Crippen MR) is 217 cm³/mol. The van der Waals surface area contributed by atoms with E-state index in [4.69, 9.17) is 4.42 Å². The first kappa shape index (κ1) is 31.3. The smallest absolute Gasteiger partial charge is 0.152 e. The number of benzene rings is 7. The molecule has 11 rings (SSSR count). The van der Waals surface area contributed by atoms with Crippen LogP contribution in [-0.4, -0.2) is 8.90 Å². The molecule has 0 aliphatic rings. The van der Waals surface area contributed by atoms with E-state index in [1.165, 1.54) is 47.2 Å². The van der Waals surface area contributed by atoms with Crippen molar-refractivity contribution in [3.05, 3.63) is 176 Å². The van der Waals surface area contributed by atoms with Gasteiger partial charge in [0.05, 0.1) is 17.4 Å². The van der Waals surface area contributed by atoms with Gasteiger partial charge in [-0.05, 0) is 47.3 Å². The Hall–Kier alpha value is -5.41. The second-order valence-electron chi connectivity index (χ2n) is 12.8. The summed E-state index contributed by atoms with van der Waals surface area (Å²) < 4.78 is 13.7. The molecule has 251 valence electrons. The Kier molecular flexibility index (Phi) is 7.46. The Labute approximate surface area is 315 Å². The molecule has 1 radical (unpaired) electrons. The van der Waals surface area contributed by atoms with Crippen LogP contribution in [0.2, 0.25) is 0 Å². The maximum atomic E-state index is 6.22. The van der Waals surface area contributed by atoms with E-state index in [9.17, 15) is 0 Å². The molecule has 6 heteroatoms. The minimum absolute atomic E-state index is 0. The second-order valence-corrected chi connectivity index (χ2v) is 16.2. The summed E-state index contributed by atoms with van der Waals surface area (Å²) in [6.45, 7) is 0. The van der Waals surface area contributed by atoms with Gasteiger partial charge in [0, 0.05) is 43.9 Å². The molecule has 4 heterocycles. The zero-order valence-corrected chi connectivity index (χ0v) is 30.3. The predicted octanol–water partition coefficient (Wildman–Crippen LogP) is 11.5. The number of thiophene rings is 1. The van der Waals surface area contributed by atoms with E-state index in [2.05, 4.69) is 154 Å². The van der Waals surface area contributed by atoms with E-state index in [0.717, 1.165) is 44.2 Å². The molecule has 0 N–H and O–H groups in total. The van der Waals surface area contributed by atoms with Crippen molar-refractivity contribution >= 4 is 94.0 Å². The molecule has 52 heavy (non-hydrogen) atoms. The van der Waals surface area contributed by atoms with Crippen LogP contribution in [0.5, 0.6) is 0 Å². The number of nitrogens with zero attached hydrogens (tertiary/aromatic N) is 2. The van der Waals surface area contributed by atoms with Gasteiger partial charge in [-0.1, -0.05) is 94.3 Å². The van der Waals surface area contributed by atoms with Gasteiger partial charge in [0.1, 0.15) is 10.6 Å². The van der Waals surface area contributed by atoms with Gasteiger partial charge in [0.25, 0.3) is 0 Å². The molecule has 0 atom stereocenters. The average molecular weight is 750 g/mol. The van der Waals surface area contributed by atoms with Crippen molar-refractivity contribution in [1.82, 2.24) is 8.90 Å². The molecule has 0 aliphatic heterocycles. The Morgan fingerprint density at radius 2 is 1.29 bits per heavy atom. The van der Waals surface area contributed by atoms with Crippen LogP contribution in [-0.2, 0) is 17.1 Å². The topological polar surface area (TPSA) is 23.0 Å². The van der Waals surface area contributed by atoms with E-state index in [0.29, 0.717) is 0 Å². The number of hydrogen-bond donors (Lipinski definition) is 0. The summed E-state index contributed by atoms with van der Waals surface area (Å²) in [6, 6.07) is 65.2. The number of rotatable bonds is 5. The number of para-hydroxylation sites is 2. The summed E-state index contributed by atoms with van der Waals surface area (Å²) in [7, 11) is -1.46. The van der Waals surface area contributed by atoms with Gasteiger partial charge in [0.2, 0.25) is 0 Å². The summed E-state index contributed by atoms with van der Waals surface area (Å²) in [5.41, 5.74) is 8.40. The van der Waals surface area contributed by atoms with E-state index in [1.807, 2.05) is 41.9 Å². The minimum Gasteiger partial charge on any atom is -0.506 e. The zero-order chi connectivity index (χ0) is 33.5. The molecule has 0 bridgehead atoms. The molecular weight excluding hydrogens is 723 g/mol. The first-order chi connectivity index (χ1) is 25.3. The Balaban J connectivity index is 0.00000338. The van der Waals surface area contributed by atoms with Crippen LogP contribution in [0.3, 0.4) is 0 Å². The largest absolute Gasteiger partial charge is 0.506 e. The Morgan fingerprint density at radius 1 is 0.596 bits per heavy atom. The van der Waals surface area contributed by atoms with Crippen LogP contribution in [0, 0.1) is 18.2 Å². The molecule has 0 saturated carbocycles. The second kappa shape index (κ2) is 12.4. The third-order valence-electron chi connectivity index (χ3n) is 9.98. The molecule has 0 unspecified atom stereocenters. The van der Waals surface area contributed by atoms with Crippen molar-refractivity contribution in [1.29, 1.82) is 0 Å². The van der Waals surface area contributed by atoms with E-state index in [1.54, 1.807) is 0 Å². The van der Waals surface area contributed by atoms with Crippen molar-refractivity contribution in [3.8, 4) is 16.8 Å². The van der Waals surface area contributed by atoms with Crippen LogP contribution >= 0.6 is 19.4 Å². The SMILES string of the molecule is [Cu].[c-]1ccccc1-c1[c-]c2c(-n3c4[c-]c5c(cc4c4ccccc43)sc3c4ccccc4n([PH+](c4ccccc4)c4ccccc4)c53)coc2cc1. The molecule has 3 nitrogen and oxygen atoms in total. The first-order valence-corrected chi connectivity index (χ1v) is 19.3. The van der Waals surface area contributed by atoms with Crippen molar-refractivity contribution < 1.29 is 21.5 Å². The van der Waals surface area contributed by atoms with E-state index in [-0.39, 0.29) is 17.1 Å². The molecular formula is C46H27CuN2OPS-2. The summed E-state index contributed by atoms with van der Waals surface area (Å²) >= 11 is 1.88. The third kappa shape index (κ3) is 4.68. The Bertz CT molecular complexity index is 3050. The van der Waals surface area contributed by atoms with E-state index < -0.39 is 8.07 Å². The van der Waals surface area contributed by atoms with Gasteiger partial charge in [-0.15, -0.1) is 23.6 Å². The van der Waals surface area contributed by atoms with Gasteiger partial charge >= 0.3 is 0 Å². The molecule has 0 spiro atoms. The van der Waals surface area contributed by atoms with Gasteiger partial charge in [-0.3, -0.25) is 0 Å². The normalized spacial score (nSPS) is 11.9. The fraction of sp³-hybridized carbons (Fsp3) is 0. The van der Waals surface area contributed by atoms with Crippen molar-refractivity contribution in [2.75, 3.05) is 0 Å². The fourth-order valence-corrected chi connectivity index (χ4v) is 11.8. The van der Waals surface area contributed by atoms with E-state index >= 15 is 0 Å². The Morgan fingerprint density at radius 3 is 2.04 bits per heavy atom. The third-order valence-corrected chi connectivity index (χ3v) is 13.8. The van der Waals surface area contributed by atoms with Crippen molar-refractivity contribution in [3.63, 3.8) is 0 Å². The van der Waals surface area contributed by atoms with Gasteiger partial charge in [-0.2, -0.15) is 53.3 Å². The van der Waals surface area contributed by atoms with Crippen LogP contribution in [0.25, 0.3) is 80.8 Å². The monoisotopic (exact) mass is 749 g/mol. The van der Waals surface area contributed by atoms with Crippen molar-refractivity contribution in [2.24, 2.45) is 0 Å². The first-order valence-electron chi connectivity index (χ1n) is 17.0. The molecule has 0 aliphatic carbocycles. The van der Waals surface area contributed by atoms with Gasteiger partial charge in [-0.25, -0.2) is 9.90 Å². The average Bonchev–Trinajstić information content (AvgIpc) is 3.94. The van der Waals surface area contributed by atoms with Crippen molar-refractivity contribution in [2.45, 2.75) is 0 Å². The molecule has 0 saturated heterocycles. The molecule has 7 aromatic carbocycles. The zero-order valence-electron chi connectivity index (χ0n) is 27.5. The quantitative estimate of drug-likeness (QED) is 0.0976. The minimum atomic E-state index is -1.46. The maximum Gasteiger partial charge on any atom is 0.152 e. The summed E-state index contributed by atoms with van der Waals surface area (Å²) in [6.07, 6.45) is 1.87. The number of furan rings is 1. The molecule has 0 fully saturated rings. The molecule has 11 aromatic rings. The summed E-state index contributed by atoms with van der Waals surface area (Å²) in [4.78, 5) is 0. The number of hydrogen-bond acceptors (Lipinski definition) is 2. The van der Waals surface area contributed by atoms with Crippen LogP contribution in [0.4, 0.5) is 0 Å². The van der Waals surface area contributed by atoms with Gasteiger partial charge in [0.15, 0.2) is 8.07 Å². The van der Waals surface area contributed by atoms with Crippen LogP contribution in [0.15, 0.2) is 162 Å². The number of fused-ring (bicyclic) bond motifs is 9. The van der Waals surface area contributed by atoms with Crippen LogP contribution < -0.4 is 10.6 Å². The molecule has 0 amide bonds.